The highest BCUT2D eigenvalue weighted by molar-refractivity contribution is 9.10. The summed E-state index contributed by atoms with van der Waals surface area (Å²) in [4.78, 5) is 11.3. The number of carbonyl (C=O) groups excluding carboxylic acids is 1. The number of methoxy groups -OCH3 is 1. The molecule has 1 aromatic carbocycles. The average molecular weight is 314 g/mol. The summed E-state index contributed by atoms with van der Waals surface area (Å²) in [6.07, 6.45) is 0.414. The van der Waals surface area contributed by atoms with Crippen molar-refractivity contribution >= 4 is 21.9 Å². The lowest BCUT2D eigenvalue weighted by Crippen LogP contribution is -2.50. The van der Waals surface area contributed by atoms with Gasteiger partial charge in [0.05, 0.1) is 13.7 Å². The van der Waals surface area contributed by atoms with Gasteiger partial charge in [-0.05, 0) is 24.1 Å². The number of esters is 1. The van der Waals surface area contributed by atoms with Gasteiger partial charge in [0.1, 0.15) is 0 Å². The molecule has 1 heterocycles. The van der Waals surface area contributed by atoms with Crippen LogP contribution in [0.25, 0.3) is 0 Å². The highest BCUT2D eigenvalue weighted by atomic mass is 79.9. The van der Waals surface area contributed by atoms with Crippen molar-refractivity contribution in [2.45, 2.75) is 18.6 Å². The number of nitrogens with one attached hydrogen (secondary N) is 1. The summed E-state index contributed by atoms with van der Waals surface area (Å²) in [5, 5.41) is 3.31. The number of rotatable bonds is 3. The topological polar surface area (TPSA) is 47.6 Å². The summed E-state index contributed by atoms with van der Waals surface area (Å²) in [5.41, 5.74) is 1.25. The Hall–Kier alpha value is -0.910. The molecule has 2 unspecified atom stereocenters. The van der Waals surface area contributed by atoms with Gasteiger partial charge in [-0.1, -0.05) is 28.1 Å². The summed E-state index contributed by atoms with van der Waals surface area (Å²) in [7, 11) is 1.37. The zero-order valence-corrected chi connectivity index (χ0v) is 11.8. The fourth-order valence-corrected chi connectivity index (χ4v) is 2.21. The lowest BCUT2D eigenvalue weighted by Gasteiger charge is -2.28. The fourth-order valence-electron chi connectivity index (χ4n) is 1.94. The third-order valence-electron chi connectivity index (χ3n) is 2.95. The van der Waals surface area contributed by atoms with E-state index >= 15 is 0 Å². The van der Waals surface area contributed by atoms with Crippen LogP contribution in [0.2, 0.25) is 0 Å². The van der Waals surface area contributed by atoms with Crippen molar-refractivity contribution in [3.8, 4) is 0 Å². The van der Waals surface area contributed by atoms with Crippen LogP contribution in [0.15, 0.2) is 28.7 Å². The number of halogens is 1. The van der Waals surface area contributed by atoms with E-state index in [1.807, 2.05) is 12.1 Å². The molecule has 1 aliphatic heterocycles. The van der Waals surface area contributed by atoms with Crippen LogP contribution in [0.1, 0.15) is 5.56 Å². The molecule has 2 rings (SSSR count). The van der Waals surface area contributed by atoms with Crippen LogP contribution in [-0.2, 0) is 20.7 Å². The van der Waals surface area contributed by atoms with Crippen LogP contribution in [0, 0.1) is 0 Å². The number of hydrogen-bond acceptors (Lipinski definition) is 4. The summed E-state index contributed by atoms with van der Waals surface area (Å²) in [6, 6.07) is 8.45. The Labute approximate surface area is 115 Å². The molecule has 2 atom stereocenters. The van der Waals surface area contributed by atoms with Crippen LogP contribution in [-0.4, -0.2) is 38.4 Å². The molecule has 18 heavy (non-hydrogen) atoms. The Morgan fingerprint density at radius 2 is 2.22 bits per heavy atom. The first kappa shape index (κ1) is 13.5. The molecule has 1 N–H and O–H groups in total. The predicted molar refractivity (Wildman–Crippen MR) is 71.4 cm³/mol. The van der Waals surface area contributed by atoms with E-state index in [1.165, 1.54) is 12.7 Å². The Morgan fingerprint density at radius 1 is 1.50 bits per heavy atom. The first-order valence-corrected chi connectivity index (χ1v) is 6.65. The third-order valence-corrected chi connectivity index (χ3v) is 3.48. The van der Waals surface area contributed by atoms with Crippen molar-refractivity contribution in [2.24, 2.45) is 0 Å². The molecular formula is C13H16BrNO3. The molecule has 0 saturated carbocycles. The van der Waals surface area contributed by atoms with Crippen molar-refractivity contribution in [3.63, 3.8) is 0 Å². The van der Waals surface area contributed by atoms with Crippen LogP contribution in [0.3, 0.4) is 0 Å². The molecule has 1 fully saturated rings. The van der Waals surface area contributed by atoms with Crippen LogP contribution in [0.4, 0.5) is 0 Å². The number of benzene rings is 1. The molecule has 0 aliphatic carbocycles. The van der Waals surface area contributed by atoms with E-state index in [0.29, 0.717) is 13.2 Å². The summed E-state index contributed by atoms with van der Waals surface area (Å²) in [6.45, 7) is 1.03. The van der Waals surface area contributed by atoms with Crippen molar-refractivity contribution in [2.75, 3.05) is 20.3 Å². The maximum absolute atomic E-state index is 11.3. The molecule has 98 valence electrons. The molecular weight excluding hydrogens is 298 g/mol. The van der Waals surface area contributed by atoms with E-state index in [2.05, 4.69) is 38.1 Å². The minimum atomic E-state index is -0.476. The van der Waals surface area contributed by atoms with Gasteiger partial charge < -0.3 is 14.8 Å². The van der Waals surface area contributed by atoms with Crippen molar-refractivity contribution < 1.29 is 14.3 Å². The summed E-state index contributed by atoms with van der Waals surface area (Å²) in [5.74, 6) is -0.315. The maximum atomic E-state index is 11.3. The van der Waals surface area contributed by atoms with E-state index < -0.39 is 6.10 Å². The number of ether oxygens (including phenoxy) is 2. The van der Waals surface area contributed by atoms with E-state index in [1.54, 1.807) is 0 Å². The van der Waals surface area contributed by atoms with Crippen molar-refractivity contribution in [1.82, 2.24) is 5.32 Å². The van der Waals surface area contributed by atoms with Crippen molar-refractivity contribution in [1.29, 1.82) is 0 Å². The van der Waals surface area contributed by atoms with E-state index in [4.69, 9.17) is 4.74 Å². The van der Waals surface area contributed by atoms with E-state index in [9.17, 15) is 4.79 Å². The Bertz CT molecular complexity index is 399. The minimum Gasteiger partial charge on any atom is -0.467 e. The van der Waals surface area contributed by atoms with Gasteiger partial charge in [0.2, 0.25) is 0 Å². The minimum absolute atomic E-state index is 0.243. The number of hydrogen-bond donors (Lipinski definition) is 1. The van der Waals surface area contributed by atoms with E-state index in [-0.39, 0.29) is 12.0 Å². The maximum Gasteiger partial charge on any atom is 0.336 e. The Balaban J connectivity index is 1.83. The van der Waals surface area contributed by atoms with Gasteiger partial charge in [-0.25, -0.2) is 4.79 Å². The zero-order chi connectivity index (χ0) is 13.0. The third kappa shape index (κ3) is 3.54. The van der Waals surface area contributed by atoms with Gasteiger partial charge in [-0.2, -0.15) is 0 Å². The second-order valence-corrected chi connectivity index (χ2v) is 5.20. The normalized spacial score (nSPS) is 23.7. The SMILES string of the molecule is COC(=O)C1CNC(Cc2ccc(Br)cc2)CO1. The molecule has 1 aromatic rings. The molecule has 0 bridgehead atoms. The van der Waals surface area contributed by atoms with Gasteiger partial charge in [0.25, 0.3) is 0 Å². The molecule has 1 aliphatic rings. The second-order valence-electron chi connectivity index (χ2n) is 4.28. The van der Waals surface area contributed by atoms with Gasteiger partial charge in [0.15, 0.2) is 6.10 Å². The molecule has 0 radical (unpaired) electrons. The fraction of sp³-hybridized carbons (Fsp3) is 0.462. The number of morpholine rings is 1. The summed E-state index contributed by atoms with van der Waals surface area (Å²) >= 11 is 3.41. The smallest absolute Gasteiger partial charge is 0.336 e. The van der Waals surface area contributed by atoms with Gasteiger partial charge in [0, 0.05) is 17.1 Å². The summed E-state index contributed by atoms with van der Waals surface area (Å²) < 4.78 is 11.2. The molecule has 0 amide bonds. The quantitative estimate of drug-likeness (QED) is 0.860. The highest BCUT2D eigenvalue weighted by Crippen LogP contribution is 2.13. The molecule has 5 heteroatoms. The standard InChI is InChI=1S/C13H16BrNO3/c1-17-13(16)12-7-15-11(8-18-12)6-9-2-4-10(14)5-3-9/h2-5,11-12,15H,6-8H2,1H3. The largest absolute Gasteiger partial charge is 0.467 e. The van der Waals surface area contributed by atoms with Gasteiger partial charge >= 0.3 is 5.97 Å². The second kappa shape index (κ2) is 6.31. The van der Waals surface area contributed by atoms with Crippen LogP contribution in [0.5, 0.6) is 0 Å². The molecule has 0 aromatic heterocycles. The number of carbonyl (C=O) groups is 1. The molecule has 1 saturated heterocycles. The monoisotopic (exact) mass is 313 g/mol. The molecule has 0 spiro atoms. The Kier molecular flexibility index (Phi) is 4.74. The average Bonchev–Trinajstić information content (AvgIpc) is 2.41. The Morgan fingerprint density at radius 3 is 2.78 bits per heavy atom. The molecule has 4 nitrogen and oxygen atoms in total. The van der Waals surface area contributed by atoms with Crippen LogP contribution < -0.4 is 5.32 Å². The van der Waals surface area contributed by atoms with Crippen LogP contribution >= 0.6 is 15.9 Å². The van der Waals surface area contributed by atoms with Gasteiger partial charge in [-0.15, -0.1) is 0 Å². The van der Waals surface area contributed by atoms with Gasteiger partial charge in [-0.3, -0.25) is 0 Å². The first-order valence-electron chi connectivity index (χ1n) is 5.86. The van der Waals surface area contributed by atoms with E-state index in [0.717, 1.165) is 10.9 Å². The lowest BCUT2D eigenvalue weighted by atomic mass is 10.1. The predicted octanol–water partition coefficient (Wildman–Crippen LogP) is 1.52. The van der Waals surface area contributed by atoms with Crippen molar-refractivity contribution in [3.05, 3.63) is 34.3 Å². The highest BCUT2D eigenvalue weighted by Gasteiger charge is 2.27. The first-order chi connectivity index (χ1) is 8.69. The zero-order valence-electron chi connectivity index (χ0n) is 10.2. The lowest BCUT2D eigenvalue weighted by molar-refractivity contribution is -0.156.